The smallest absolute Gasteiger partial charge is 0.407 e. The number of carbonyl (C=O) groups is 1. The van der Waals surface area contributed by atoms with Gasteiger partial charge in [-0.05, 0) is 19.8 Å². The van der Waals surface area contributed by atoms with Crippen LogP contribution in [0.1, 0.15) is 27.7 Å². The van der Waals surface area contributed by atoms with Gasteiger partial charge in [0.1, 0.15) is 0 Å². The summed E-state index contributed by atoms with van der Waals surface area (Å²) >= 11 is 0. The summed E-state index contributed by atoms with van der Waals surface area (Å²) in [7, 11) is 0. The van der Waals surface area contributed by atoms with Crippen molar-refractivity contribution in [3.8, 4) is 0 Å². The van der Waals surface area contributed by atoms with Crippen molar-refractivity contribution < 1.29 is 19.0 Å². The Morgan fingerprint density at radius 2 is 1.75 bits per heavy atom. The van der Waals surface area contributed by atoms with Crippen molar-refractivity contribution in [1.82, 2.24) is 5.32 Å². The van der Waals surface area contributed by atoms with Crippen LogP contribution in [0, 0.1) is 5.92 Å². The van der Waals surface area contributed by atoms with Crippen LogP contribution in [0.4, 0.5) is 4.79 Å². The van der Waals surface area contributed by atoms with E-state index >= 15 is 0 Å². The van der Waals surface area contributed by atoms with Crippen molar-refractivity contribution in [2.45, 2.75) is 34.0 Å². The van der Waals surface area contributed by atoms with Crippen LogP contribution in [0.25, 0.3) is 0 Å². The molecule has 1 N–H and O–H groups in total. The highest BCUT2D eigenvalue weighted by molar-refractivity contribution is 5.67. The van der Waals surface area contributed by atoms with E-state index in [0.29, 0.717) is 32.3 Å². The Balaban J connectivity index is 3.68. The predicted octanol–water partition coefficient (Wildman–Crippen LogP) is 1.77. The average molecular weight is 233 g/mol. The topological polar surface area (TPSA) is 56.8 Å². The maximum absolute atomic E-state index is 11.2. The van der Waals surface area contributed by atoms with Gasteiger partial charge in [0, 0.05) is 13.2 Å². The Kier molecular flexibility index (Phi) is 8.94. The lowest BCUT2D eigenvalue weighted by atomic mass is 10.2. The number of hydrogen-bond donors (Lipinski definition) is 1. The average Bonchev–Trinajstić information content (AvgIpc) is 2.23. The molecule has 0 aromatic carbocycles. The molecule has 1 amide bonds. The van der Waals surface area contributed by atoms with E-state index in [1.54, 1.807) is 0 Å². The van der Waals surface area contributed by atoms with E-state index in [2.05, 4.69) is 5.32 Å². The summed E-state index contributed by atoms with van der Waals surface area (Å²) in [6, 6.07) is 0. The van der Waals surface area contributed by atoms with Crippen molar-refractivity contribution in [3.63, 3.8) is 0 Å². The van der Waals surface area contributed by atoms with Gasteiger partial charge in [-0.1, -0.05) is 13.8 Å². The van der Waals surface area contributed by atoms with E-state index in [9.17, 15) is 4.79 Å². The van der Waals surface area contributed by atoms with E-state index in [1.807, 2.05) is 27.7 Å². The molecule has 0 heterocycles. The minimum Gasteiger partial charge on any atom is -0.449 e. The normalized spacial score (nSPS) is 10.9. The highest BCUT2D eigenvalue weighted by Crippen LogP contribution is 1.95. The molecule has 0 rings (SSSR count). The molecule has 0 fully saturated rings. The maximum atomic E-state index is 11.2. The highest BCUT2D eigenvalue weighted by Gasteiger charge is 2.10. The third kappa shape index (κ3) is 8.49. The van der Waals surface area contributed by atoms with Gasteiger partial charge in [-0.3, -0.25) is 0 Å². The summed E-state index contributed by atoms with van der Waals surface area (Å²) in [6.45, 7) is 9.54. The number of rotatable bonds is 8. The zero-order valence-electron chi connectivity index (χ0n) is 10.6. The van der Waals surface area contributed by atoms with Crippen LogP contribution in [-0.4, -0.2) is 38.7 Å². The molecule has 5 nitrogen and oxygen atoms in total. The van der Waals surface area contributed by atoms with Crippen LogP contribution in [0.3, 0.4) is 0 Å². The highest BCUT2D eigenvalue weighted by atomic mass is 16.7. The minimum absolute atomic E-state index is 0.304. The van der Waals surface area contributed by atoms with Crippen LogP contribution in [0.2, 0.25) is 0 Å². The molecule has 16 heavy (non-hydrogen) atoms. The number of amides is 1. The molecule has 0 unspecified atom stereocenters. The maximum Gasteiger partial charge on any atom is 0.407 e. The van der Waals surface area contributed by atoms with E-state index in [1.165, 1.54) is 0 Å². The quantitative estimate of drug-likeness (QED) is 0.649. The second-order valence-corrected chi connectivity index (χ2v) is 3.71. The van der Waals surface area contributed by atoms with Gasteiger partial charge in [0.25, 0.3) is 0 Å². The summed E-state index contributed by atoms with van der Waals surface area (Å²) in [5.41, 5.74) is 0. The second kappa shape index (κ2) is 9.42. The van der Waals surface area contributed by atoms with E-state index in [0.717, 1.165) is 0 Å². The Labute approximate surface area is 97.4 Å². The molecule has 0 aliphatic carbocycles. The molecule has 0 bridgehead atoms. The molecule has 0 aliphatic heterocycles. The third-order valence-corrected chi connectivity index (χ3v) is 1.67. The number of alkyl carbamates (subject to hydrolysis) is 1. The Morgan fingerprint density at radius 1 is 1.19 bits per heavy atom. The molecule has 5 heteroatoms. The van der Waals surface area contributed by atoms with Gasteiger partial charge in [-0.15, -0.1) is 0 Å². The van der Waals surface area contributed by atoms with Crippen LogP contribution < -0.4 is 5.32 Å². The molecule has 96 valence electrons. The lowest BCUT2D eigenvalue weighted by molar-refractivity contribution is -0.132. The minimum atomic E-state index is -0.432. The summed E-state index contributed by atoms with van der Waals surface area (Å²) in [6.07, 6.45) is -0.834. The van der Waals surface area contributed by atoms with E-state index in [4.69, 9.17) is 14.2 Å². The molecule has 0 radical (unpaired) electrons. The number of carbonyl (C=O) groups excluding carboxylic acids is 1. The fraction of sp³-hybridized carbons (Fsp3) is 0.909. The van der Waals surface area contributed by atoms with Gasteiger partial charge in [-0.25, -0.2) is 4.79 Å². The Bertz CT molecular complexity index is 179. The fourth-order valence-electron chi connectivity index (χ4n) is 0.998. The molecule has 0 aromatic heterocycles. The zero-order valence-corrected chi connectivity index (χ0v) is 10.6. The van der Waals surface area contributed by atoms with Crippen molar-refractivity contribution in [3.05, 3.63) is 0 Å². The molecule has 0 aliphatic rings. The SMILES string of the molecule is CCOC(CNC(=O)OCC(C)C)OCC. The third-order valence-electron chi connectivity index (χ3n) is 1.67. The molecular formula is C11H23NO4. The van der Waals surface area contributed by atoms with E-state index in [-0.39, 0.29) is 0 Å². The zero-order chi connectivity index (χ0) is 12.4. The number of hydrogen-bond acceptors (Lipinski definition) is 4. The second-order valence-electron chi connectivity index (χ2n) is 3.71. The van der Waals surface area contributed by atoms with Gasteiger partial charge < -0.3 is 19.5 Å². The summed E-state index contributed by atoms with van der Waals surface area (Å²) < 4.78 is 15.5. The monoisotopic (exact) mass is 233 g/mol. The van der Waals surface area contributed by atoms with Crippen LogP contribution in [0.5, 0.6) is 0 Å². The Morgan fingerprint density at radius 3 is 2.19 bits per heavy atom. The lowest BCUT2D eigenvalue weighted by Crippen LogP contribution is -2.36. The van der Waals surface area contributed by atoms with Gasteiger partial charge >= 0.3 is 6.09 Å². The van der Waals surface area contributed by atoms with Crippen molar-refractivity contribution in [2.75, 3.05) is 26.4 Å². The first-order chi connectivity index (χ1) is 7.60. The van der Waals surface area contributed by atoms with Crippen LogP contribution >= 0.6 is 0 Å². The van der Waals surface area contributed by atoms with Gasteiger partial charge in [0.05, 0.1) is 13.2 Å². The van der Waals surface area contributed by atoms with Gasteiger partial charge in [-0.2, -0.15) is 0 Å². The molecule has 0 saturated heterocycles. The fourth-order valence-corrected chi connectivity index (χ4v) is 0.998. The predicted molar refractivity (Wildman–Crippen MR) is 61.2 cm³/mol. The standard InChI is InChI=1S/C11H23NO4/c1-5-14-10(15-6-2)7-12-11(13)16-8-9(3)4/h9-10H,5-8H2,1-4H3,(H,12,13). The van der Waals surface area contributed by atoms with Crippen LogP contribution in [0.15, 0.2) is 0 Å². The molecule has 0 atom stereocenters. The first kappa shape index (κ1) is 15.2. The molecule has 0 aromatic rings. The van der Waals surface area contributed by atoms with Gasteiger partial charge in [0.2, 0.25) is 0 Å². The molecule has 0 spiro atoms. The first-order valence-electron chi connectivity index (χ1n) is 5.73. The van der Waals surface area contributed by atoms with Crippen molar-refractivity contribution in [1.29, 1.82) is 0 Å². The molecule has 0 saturated carbocycles. The van der Waals surface area contributed by atoms with Gasteiger partial charge in [0.15, 0.2) is 6.29 Å². The molecular weight excluding hydrogens is 210 g/mol. The summed E-state index contributed by atoms with van der Waals surface area (Å²) in [5, 5.41) is 2.60. The largest absolute Gasteiger partial charge is 0.449 e. The first-order valence-corrected chi connectivity index (χ1v) is 5.73. The van der Waals surface area contributed by atoms with Crippen LogP contribution in [-0.2, 0) is 14.2 Å². The Hall–Kier alpha value is -0.810. The number of nitrogens with one attached hydrogen (secondary N) is 1. The lowest BCUT2D eigenvalue weighted by Gasteiger charge is -2.17. The number of ether oxygens (including phenoxy) is 3. The van der Waals surface area contributed by atoms with Crippen molar-refractivity contribution in [2.24, 2.45) is 5.92 Å². The van der Waals surface area contributed by atoms with Crippen molar-refractivity contribution >= 4 is 6.09 Å². The summed E-state index contributed by atoms with van der Waals surface area (Å²) in [5.74, 6) is 0.334. The summed E-state index contributed by atoms with van der Waals surface area (Å²) in [4.78, 5) is 11.2. The van der Waals surface area contributed by atoms with E-state index < -0.39 is 12.4 Å².